The van der Waals surface area contributed by atoms with Crippen LogP contribution in [-0.2, 0) is 13.0 Å². The molecule has 28 heavy (non-hydrogen) atoms. The second-order valence-corrected chi connectivity index (χ2v) is 7.38. The minimum atomic E-state index is 0.146. The average Bonchev–Trinajstić information content (AvgIpc) is 3.22. The Bertz CT molecular complexity index is 935. The summed E-state index contributed by atoms with van der Waals surface area (Å²) in [5, 5.41) is 0. The van der Waals surface area contributed by atoms with Crippen molar-refractivity contribution >= 4 is 5.91 Å². The number of hydrogen-bond donors (Lipinski definition) is 0. The molecule has 0 N–H and O–H groups in total. The van der Waals surface area contributed by atoms with Gasteiger partial charge in [-0.1, -0.05) is 31.2 Å². The van der Waals surface area contributed by atoms with Crippen molar-refractivity contribution < 1.29 is 4.79 Å². The lowest BCUT2D eigenvalue weighted by molar-refractivity contribution is 0.0702. The Morgan fingerprint density at radius 1 is 1.18 bits per heavy atom. The number of aryl methyl sites for hydroxylation is 1. The summed E-state index contributed by atoms with van der Waals surface area (Å²) in [7, 11) is 0. The highest BCUT2D eigenvalue weighted by atomic mass is 16.2. The van der Waals surface area contributed by atoms with Crippen molar-refractivity contribution in [1.82, 2.24) is 19.4 Å². The molecule has 0 unspecified atom stereocenters. The van der Waals surface area contributed by atoms with Crippen molar-refractivity contribution in [2.24, 2.45) is 0 Å². The maximum Gasteiger partial charge on any atom is 0.254 e. The van der Waals surface area contributed by atoms with Crippen LogP contribution in [-0.4, -0.2) is 38.4 Å². The zero-order valence-corrected chi connectivity index (χ0v) is 16.3. The van der Waals surface area contributed by atoms with Gasteiger partial charge in [0, 0.05) is 49.4 Å². The normalized spacial score (nSPS) is 16.9. The SMILES string of the molecule is CCc1ccccc1C(=O)N1CCC[C@H](c2nccn2Cc2cccnc2)C1. The van der Waals surface area contributed by atoms with E-state index in [1.807, 2.05) is 47.8 Å². The zero-order chi connectivity index (χ0) is 19.3. The Morgan fingerprint density at radius 2 is 2.07 bits per heavy atom. The van der Waals surface area contributed by atoms with Crippen LogP contribution in [0.3, 0.4) is 0 Å². The van der Waals surface area contributed by atoms with Gasteiger partial charge in [-0.25, -0.2) is 4.98 Å². The highest BCUT2D eigenvalue weighted by molar-refractivity contribution is 5.95. The molecule has 0 saturated carbocycles. The summed E-state index contributed by atoms with van der Waals surface area (Å²) in [5.74, 6) is 1.47. The van der Waals surface area contributed by atoms with Gasteiger partial charge in [0.05, 0.1) is 6.54 Å². The van der Waals surface area contributed by atoms with Crippen LogP contribution in [0.15, 0.2) is 61.2 Å². The fraction of sp³-hybridized carbons (Fsp3) is 0.348. The molecular formula is C23H26N4O. The molecule has 5 heteroatoms. The number of carbonyl (C=O) groups is 1. The van der Waals surface area contributed by atoms with Crippen molar-refractivity contribution in [3.8, 4) is 0 Å². The van der Waals surface area contributed by atoms with Gasteiger partial charge in [0.2, 0.25) is 0 Å². The first kappa shape index (κ1) is 18.4. The third-order valence-corrected chi connectivity index (χ3v) is 5.53. The molecular weight excluding hydrogens is 348 g/mol. The smallest absolute Gasteiger partial charge is 0.254 e. The molecule has 1 aliphatic heterocycles. The Balaban J connectivity index is 1.52. The maximum absolute atomic E-state index is 13.2. The van der Waals surface area contributed by atoms with Gasteiger partial charge in [0.25, 0.3) is 5.91 Å². The van der Waals surface area contributed by atoms with Crippen LogP contribution in [0.5, 0.6) is 0 Å². The molecule has 0 aliphatic carbocycles. The Hall–Kier alpha value is -2.95. The third kappa shape index (κ3) is 3.84. The highest BCUT2D eigenvalue weighted by Crippen LogP contribution is 2.28. The number of imidazole rings is 1. The maximum atomic E-state index is 13.2. The quantitative estimate of drug-likeness (QED) is 0.680. The molecule has 1 aromatic carbocycles. The van der Waals surface area contributed by atoms with E-state index in [4.69, 9.17) is 0 Å². The fourth-order valence-electron chi connectivity index (χ4n) is 4.08. The number of likely N-dealkylation sites (tertiary alicyclic amines) is 1. The number of benzene rings is 1. The summed E-state index contributed by atoms with van der Waals surface area (Å²) in [6.07, 6.45) is 10.5. The lowest BCUT2D eigenvalue weighted by Crippen LogP contribution is -2.40. The summed E-state index contributed by atoms with van der Waals surface area (Å²) < 4.78 is 2.19. The standard InChI is InChI=1S/C23H26N4O/c1-2-19-8-3-4-10-21(19)23(28)27-13-6-9-20(17-27)22-25-12-14-26(22)16-18-7-5-11-24-15-18/h3-5,7-8,10-12,14-15,20H,2,6,9,13,16-17H2,1H3/t20-/m0/s1. The summed E-state index contributed by atoms with van der Waals surface area (Å²) in [6, 6.07) is 12.0. The minimum absolute atomic E-state index is 0.146. The summed E-state index contributed by atoms with van der Waals surface area (Å²) in [5.41, 5.74) is 3.11. The number of aromatic nitrogens is 3. The van der Waals surface area contributed by atoms with Crippen molar-refractivity contribution in [3.05, 3.63) is 83.7 Å². The van der Waals surface area contributed by atoms with Gasteiger partial charge in [-0.2, -0.15) is 0 Å². The third-order valence-electron chi connectivity index (χ3n) is 5.53. The second kappa shape index (κ2) is 8.38. The predicted octanol–water partition coefficient (Wildman–Crippen LogP) is 3.91. The van der Waals surface area contributed by atoms with E-state index in [9.17, 15) is 4.79 Å². The van der Waals surface area contributed by atoms with Crippen LogP contribution in [0.25, 0.3) is 0 Å². The molecule has 2 aromatic heterocycles. The van der Waals surface area contributed by atoms with Gasteiger partial charge in [-0.15, -0.1) is 0 Å². The predicted molar refractivity (Wildman–Crippen MR) is 109 cm³/mol. The topological polar surface area (TPSA) is 51.0 Å². The lowest BCUT2D eigenvalue weighted by atomic mass is 9.95. The average molecular weight is 374 g/mol. The van der Waals surface area contributed by atoms with Crippen LogP contribution < -0.4 is 0 Å². The first-order chi connectivity index (χ1) is 13.8. The van der Waals surface area contributed by atoms with Gasteiger partial charge >= 0.3 is 0 Å². The monoisotopic (exact) mass is 374 g/mol. The zero-order valence-electron chi connectivity index (χ0n) is 16.3. The molecule has 0 bridgehead atoms. The molecule has 1 fully saturated rings. The lowest BCUT2D eigenvalue weighted by Gasteiger charge is -2.33. The van der Waals surface area contributed by atoms with Gasteiger partial charge in [-0.3, -0.25) is 9.78 Å². The van der Waals surface area contributed by atoms with Crippen LogP contribution >= 0.6 is 0 Å². The van der Waals surface area contributed by atoms with E-state index in [0.29, 0.717) is 0 Å². The number of carbonyl (C=O) groups excluding carboxylic acids is 1. The van der Waals surface area contributed by atoms with E-state index >= 15 is 0 Å². The van der Waals surface area contributed by atoms with E-state index in [0.717, 1.165) is 61.4 Å². The highest BCUT2D eigenvalue weighted by Gasteiger charge is 2.28. The Kier molecular flexibility index (Phi) is 5.51. The van der Waals surface area contributed by atoms with E-state index < -0.39 is 0 Å². The van der Waals surface area contributed by atoms with Gasteiger partial charge in [0.1, 0.15) is 5.82 Å². The van der Waals surface area contributed by atoms with Crippen LogP contribution in [0.2, 0.25) is 0 Å². The van der Waals surface area contributed by atoms with Crippen molar-refractivity contribution in [1.29, 1.82) is 0 Å². The first-order valence-corrected chi connectivity index (χ1v) is 10.0. The molecule has 0 radical (unpaired) electrons. The molecule has 5 nitrogen and oxygen atoms in total. The van der Waals surface area contributed by atoms with E-state index in [2.05, 4.69) is 33.6 Å². The van der Waals surface area contributed by atoms with Gasteiger partial charge in [0.15, 0.2) is 0 Å². The number of hydrogen-bond acceptors (Lipinski definition) is 3. The van der Waals surface area contributed by atoms with Crippen LogP contribution in [0.1, 0.15) is 53.0 Å². The van der Waals surface area contributed by atoms with Crippen molar-refractivity contribution in [2.75, 3.05) is 13.1 Å². The van der Waals surface area contributed by atoms with E-state index in [1.165, 1.54) is 0 Å². The van der Waals surface area contributed by atoms with E-state index in [1.54, 1.807) is 6.20 Å². The largest absolute Gasteiger partial charge is 0.338 e. The number of nitrogens with zero attached hydrogens (tertiary/aromatic N) is 4. The molecule has 0 spiro atoms. The first-order valence-electron chi connectivity index (χ1n) is 10.0. The van der Waals surface area contributed by atoms with Crippen molar-refractivity contribution in [3.63, 3.8) is 0 Å². The molecule has 3 aromatic rings. The summed E-state index contributed by atoms with van der Waals surface area (Å²) in [6.45, 7) is 4.39. The molecule has 1 amide bonds. The number of piperidine rings is 1. The number of rotatable bonds is 5. The Labute approximate surface area is 166 Å². The molecule has 1 atom stereocenters. The summed E-state index contributed by atoms with van der Waals surface area (Å²) in [4.78, 5) is 24.0. The molecule has 144 valence electrons. The van der Waals surface area contributed by atoms with Gasteiger partial charge < -0.3 is 9.47 Å². The molecule has 1 aliphatic rings. The van der Waals surface area contributed by atoms with Crippen molar-refractivity contribution in [2.45, 2.75) is 38.6 Å². The summed E-state index contributed by atoms with van der Waals surface area (Å²) >= 11 is 0. The van der Waals surface area contributed by atoms with Crippen LogP contribution in [0, 0.1) is 0 Å². The number of amides is 1. The fourth-order valence-corrected chi connectivity index (χ4v) is 4.08. The Morgan fingerprint density at radius 3 is 2.89 bits per heavy atom. The van der Waals surface area contributed by atoms with Crippen LogP contribution in [0.4, 0.5) is 0 Å². The minimum Gasteiger partial charge on any atom is -0.338 e. The number of pyridine rings is 1. The second-order valence-electron chi connectivity index (χ2n) is 7.38. The molecule has 3 heterocycles. The molecule has 4 rings (SSSR count). The van der Waals surface area contributed by atoms with E-state index in [-0.39, 0.29) is 11.8 Å². The molecule has 1 saturated heterocycles. The van der Waals surface area contributed by atoms with Gasteiger partial charge in [-0.05, 0) is 42.5 Å².